The van der Waals surface area contributed by atoms with E-state index in [1.54, 1.807) is 31.2 Å². The van der Waals surface area contributed by atoms with Crippen LogP contribution in [0.1, 0.15) is 24.2 Å². The molecule has 0 saturated carbocycles. The SMILES string of the molecule is Cc1nnc(-c2ccc(CNC(=O)CCC(C(=O)O)N3CCN(C(=O)O)CCN(C(=O)O)CC3)cc2)nn1. The average molecular weight is 531 g/mol. The maximum atomic E-state index is 12.5. The summed E-state index contributed by atoms with van der Waals surface area (Å²) in [6, 6.07) is 6.07. The van der Waals surface area contributed by atoms with Crippen LogP contribution in [-0.4, -0.2) is 120 Å². The summed E-state index contributed by atoms with van der Waals surface area (Å²) in [5, 5.41) is 47.0. The van der Waals surface area contributed by atoms with Gasteiger partial charge < -0.3 is 30.4 Å². The normalized spacial score (nSPS) is 15.6. The number of carboxylic acid groups (broad SMARTS) is 3. The lowest BCUT2D eigenvalue weighted by molar-refractivity contribution is -0.143. The lowest BCUT2D eigenvalue weighted by atomic mass is 10.1. The zero-order chi connectivity index (χ0) is 27.7. The predicted molar refractivity (Wildman–Crippen MR) is 131 cm³/mol. The lowest BCUT2D eigenvalue weighted by Crippen LogP contribution is -2.47. The van der Waals surface area contributed by atoms with Gasteiger partial charge in [0.15, 0.2) is 5.82 Å². The Balaban J connectivity index is 1.55. The van der Waals surface area contributed by atoms with Crippen molar-refractivity contribution in [1.29, 1.82) is 0 Å². The van der Waals surface area contributed by atoms with Crippen molar-refractivity contribution >= 4 is 24.1 Å². The van der Waals surface area contributed by atoms with Crippen molar-refractivity contribution in [3.05, 3.63) is 35.7 Å². The summed E-state index contributed by atoms with van der Waals surface area (Å²) < 4.78 is 0. The summed E-state index contributed by atoms with van der Waals surface area (Å²) in [5.74, 6) is -0.675. The third-order valence-corrected chi connectivity index (χ3v) is 6.15. The number of carbonyl (C=O) groups excluding carboxylic acids is 1. The van der Waals surface area contributed by atoms with Gasteiger partial charge in [-0.25, -0.2) is 9.59 Å². The minimum Gasteiger partial charge on any atom is -0.480 e. The quantitative estimate of drug-likeness (QED) is 0.366. The number of nitrogens with zero attached hydrogens (tertiary/aromatic N) is 7. The van der Waals surface area contributed by atoms with Gasteiger partial charge in [0.25, 0.3) is 0 Å². The fourth-order valence-electron chi connectivity index (χ4n) is 3.96. The molecule has 1 atom stereocenters. The summed E-state index contributed by atoms with van der Waals surface area (Å²) in [6.07, 6.45) is -2.52. The molecule has 1 unspecified atom stereocenters. The van der Waals surface area contributed by atoms with E-state index in [1.165, 1.54) is 4.90 Å². The predicted octanol–water partition coefficient (Wildman–Crippen LogP) is 0.367. The summed E-state index contributed by atoms with van der Waals surface area (Å²) in [7, 11) is 0. The highest BCUT2D eigenvalue weighted by Crippen LogP contribution is 2.15. The van der Waals surface area contributed by atoms with Crippen molar-refractivity contribution in [3.63, 3.8) is 0 Å². The van der Waals surface area contributed by atoms with Crippen LogP contribution in [0.15, 0.2) is 24.3 Å². The number of carboxylic acids is 1. The van der Waals surface area contributed by atoms with Gasteiger partial charge >= 0.3 is 18.2 Å². The number of amides is 3. The van der Waals surface area contributed by atoms with E-state index in [4.69, 9.17) is 0 Å². The molecule has 1 fully saturated rings. The van der Waals surface area contributed by atoms with Crippen molar-refractivity contribution in [3.8, 4) is 11.4 Å². The van der Waals surface area contributed by atoms with Crippen molar-refractivity contribution < 1.29 is 34.5 Å². The van der Waals surface area contributed by atoms with E-state index in [0.29, 0.717) is 11.6 Å². The maximum absolute atomic E-state index is 12.5. The number of carbonyl (C=O) groups is 4. The monoisotopic (exact) mass is 530 g/mol. The Labute approximate surface area is 218 Å². The largest absolute Gasteiger partial charge is 0.480 e. The van der Waals surface area contributed by atoms with Gasteiger partial charge in [-0.05, 0) is 18.9 Å². The average Bonchev–Trinajstić information content (AvgIpc) is 2.99. The number of hydrogen-bond acceptors (Lipinski definition) is 9. The number of nitrogens with one attached hydrogen (secondary N) is 1. The van der Waals surface area contributed by atoms with E-state index in [1.807, 2.05) is 0 Å². The van der Waals surface area contributed by atoms with Crippen LogP contribution in [0.3, 0.4) is 0 Å². The Morgan fingerprint density at radius 3 is 1.87 bits per heavy atom. The van der Waals surface area contributed by atoms with E-state index in [2.05, 4.69) is 25.7 Å². The molecule has 0 bridgehead atoms. The second-order valence-electron chi connectivity index (χ2n) is 8.71. The molecule has 2 aromatic rings. The van der Waals surface area contributed by atoms with Gasteiger partial charge in [-0.1, -0.05) is 24.3 Å². The van der Waals surface area contributed by atoms with Crippen molar-refractivity contribution in [1.82, 2.24) is 40.4 Å². The van der Waals surface area contributed by atoms with Crippen LogP contribution in [0.5, 0.6) is 0 Å². The molecule has 204 valence electrons. The Bertz CT molecular complexity index is 1100. The Morgan fingerprint density at radius 2 is 1.37 bits per heavy atom. The molecule has 0 spiro atoms. The Kier molecular flexibility index (Phi) is 9.81. The van der Waals surface area contributed by atoms with Crippen LogP contribution in [-0.2, 0) is 16.1 Å². The number of aryl methyl sites for hydroxylation is 1. The lowest BCUT2D eigenvalue weighted by Gasteiger charge is -2.30. The summed E-state index contributed by atoms with van der Waals surface area (Å²) in [6.45, 7) is 2.13. The van der Waals surface area contributed by atoms with E-state index in [0.717, 1.165) is 20.9 Å². The molecule has 3 amide bonds. The van der Waals surface area contributed by atoms with Crippen LogP contribution < -0.4 is 5.32 Å². The molecular weight excluding hydrogens is 500 g/mol. The Morgan fingerprint density at radius 1 is 0.842 bits per heavy atom. The zero-order valence-corrected chi connectivity index (χ0v) is 20.9. The van der Waals surface area contributed by atoms with E-state index in [-0.39, 0.29) is 64.6 Å². The molecular formula is C23H30N8O7. The third kappa shape index (κ3) is 8.06. The molecule has 1 aromatic carbocycles. The molecule has 1 aromatic heterocycles. The molecule has 0 radical (unpaired) electrons. The molecule has 15 nitrogen and oxygen atoms in total. The van der Waals surface area contributed by atoms with Crippen LogP contribution in [0.2, 0.25) is 0 Å². The number of hydrogen-bond donors (Lipinski definition) is 4. The van der Waals surface area contributed by atoms with E-state index >= 15 is 0 Å². The molecule has 3 rings (SSSR count). The van der Waals surface area contributed by atoms with Gasteiger partial charge in [0.1, 0.15) is 6.04 Å². The van der Waals surface area contributed by atoms with Gasteiger partial charge in [0.2, 0.25) is 11.7 Å². The zero-order valence-electron chi connectivity index (χ0n) is 20.9. The van der Waals surface area contributed by atoms with Crippen LogP contribution >= 0.6 is 0 Å². The number of aliphatic carboxylic acids is 1. The standard InChI is InChI=1S/C23H30N8O7/c1-15-25-27-20(28-26-15)17-4-2-16(3-5-17)14-24-19(32)7-6-18(21(33)34)29-8-10-30(22(35)36)12-13-31(11-9-29)23(37)38/h2-5,18H,6-14H2,1H3,(H,24,32)(H,33,34)(H,35,36)(H,37,38). The molecule has 4 N–H and O–H groups in total. The number of benzene rings is 1. The molecule has 1 aliphatic rings. The molecule has 38 heavy (non-hydrogen) atoms. The second-order valence-corrected chi connectivity index (χ2v) is 8.71. The number of aromatic nitrogens is 4. The van der Waals surface area contributed by atoms with Crippen molar-refractivity contribution in [2.75, 3.05) is 39.3 Å². The van der Waals surface area contributed by atoms with Crippen LogP contribution in [0, 0.1) is 6.92 Å². The smallest absolute Gasteiger partial charge is 0.407 e. The van der Waals surface area contributed by atoms with Gasteiger partial charge in [-0.2, -0.15) is 0 Å². The minimum absolute atomic E-state index is 0.0115. The maximum Gasteiger partial charge on any atom is 0.407 e. The van der Waals surface area contributed by atoms with Gasteiger partial charge in [-0.3, -0.25) is 14.5 Å². The fraction of sp³-hybridized carbons (Fsp3) is 0.478. The highest BCUT2D eigenvalue weighted by molar-refractivity contribution is 5.78. The van der Waals surface area contributed by atoms with Gasteiger partial charge in [-0.15, -0.1) is 20.4 Å². The fourth-order valence-corrected chi connectivity index (χ4v) is 3.96. The first-order chi connectivity index (χ1) is 18.1. The van der Waals surface area contributed by atoms with Crippen molar-refractivity contribution in [2.24, 2.45) is 0 Å². The first-order valence-electron chi connectivity index (χ1n) is 12.0. The van der Waals surface area contributed by atoms with E-state index in [9.17, 15) is 34.5 Å². The first kappa shape index (κ1) is 28.2. The second kappa shape index (κ2) is 13.2. The topological polar surface area (TPSA) is 202 Å². The molecule has 1 saturated heterocycles. The van der Waals surface area contributed by atoms with Crippen LogP contribution in [0.25, 0.3) is 11.4 Å². The summed E-state index contributed by atoms with van der Waals surface area (Å²) >= 11 is 0. The first-order valence-corrected chi connectivity index (χ1v) is 12.0. The highest BCUT2D eigenvalue weighted by Gasteiger charge is 2.29. The summed E-state index contributed by atoms with van der Waals surface area (Å²) in [5.41, 5.74) is 1.53. The molecule has 1 aliphatic heterocycles. The molecule has 2 heterocycles. The van der Waals surface area contributed by atoms with Gasteiger partial charge in [0.05, 0.1) is 0 Å². The number of rotatable bonds is 8. The van der Waals surface area contributed by atoms with E-state index < -0.39 is 24.2 Å². The highest BCUT2D eigenvalue weighted by atomic mass is 16.4. The minimum atomic E-state index is -1.21. The Hall–Kier alpha value is -4.40. The molecule has 0 aliphatic carbocycles. The van der Waals surface area contributed by atoms with Gasteiger partial charge in [0, 0.05) is 57.8 Å². The van der Waals surface area contributed by atoms with Crippen LogP contribution in [0.4, 0.5) is 9.59 Å². The van der Waals surface area contributed by atoms with Crippen molar-refractivity contribution in [2.45, 2.75) is 32.4 Å². The summed E-state index contributed by atoms with van der Waals surface area (Å²) in [4.78, 5) is 51.1. The third-order valence-electron chi connectivity index (χ3n) is 6.15. The molecule has 15 heteroatoms.